The van der Waals surface area contributed by atoms with Crippen LogP contribution in [0.25, 0.3) is 0 Å². The number of carbonyl (C=O) groups is 1. The highest BCUT2D eigenvalue weighted by molar-refractivity contribution is 7.09. The third kappa shape index (κ3) is 2.76. The van der Waals surface area contributed by atoms with E-state index in [0.717, 1.165) is 12.0 Å². The van der Waals surface area contributed by atoms with E-state index in [2.05, 4.69) is 10.1 Å². The average Bonchev–Trinajstić information content (AvgIpc) is 2.68. The number of hydrogen-bond donors (Lipinski definition) is 0. The summed E-state index contributed by atoms with van der Waals surface area (Å²) in [4.78, 5) is 13.8. The van der Waals surface area contributed by atoms with Gasteiger partial charge in [-0.2, -0.15) is 4.57 Å². The molecule has 0 saturated carbocycles. The molecule has 0 radical (unpaired) electrons. The predicted octanol–water partition coefficient (Wildman–Crippen LogP) is 3.19. The zero-order chi connectivity index (χ0) is 13.1. The van der Waals surface area contributed by atoms with Crippen molar-refractivity contribution in [1.82, 2.24) is 0 Å². The number of aryl methyl sites for hydroxylation is 1. The maximum atomic E-state index is 12.3. The Hall–Kier alpha value is -1.48. The fourth-order valence-electron chi connectivity index (χ4n) is 2.66. The Balaban J connectivity index is 1.81. The quantitative estimate of drug-likeness (QED) is 0.477. The lowest BCUT2D eigenvalue weighted by atomic mass is 10.1. The number of benzene rings is 1. The van der Waals surface area contributed by atoms with E-state index >= 15 is 0 Å². The maximum absolute atomic E-state index is 12.3. The minimum Gasteiger partial charge on any atom is -0.287 e. The minimum atomic E-state index is 0.204. The van der Waals surface area contributed by atoms with Gasteiger partial charge in [-0.1, -0.05) is 48.1 Å². The molecule has 1 aromatic carbocycles. The van der Waals surface area contributed by atoms with Crippen molar-refractivity contribution in [2.75, 3.05) is 0 Å². The maximum Gasteiger partial charge on any atom is 0.227 e. The summed E-state index contributed by atoms with van der Waals surface area (Å²) in [6.45, 7) is 0.482. The molecule has 0 saturated heterocycles. The number of rotatable bonds is 3. The molecule has 0 spiro atoms. The van der Waals surface area contributed by atoms with Gasteiger partial charge in [0, 0.05) is 12.0 Å². The summed E-state index contributed by atoms with van der Waals surface area (Å²) in [6, 6.07) is 9.58. The highest BCUT2D eigenvalue weighted by atomic mass is 32.1. The van der Waals surface area contributed by atoms with Crippen LogP contribution in [0.2, 0.25) is 0 Å². The molecule has 1 aliphatic carbocycles. The Kier molecular flexibility index (Phi) is 3.74. The van der Waals surface area contributed by atoms with E-state index in [-0.39, 0.29) is 5.78 Å². The molecule has 0 aliphatic heterocycles. The van der Waals surface area contributed by atoms with E-state index in [4.69, 9.17) is 0 Å². The van der Waals surface area contributed by atoms with E-state index in [0.29, 0.717) is 6.54 Å². The zero-order valence-corrected chi connectivity index (χ0v) is 11.8. The fraction of sp³-hybridized carbons (Fsp3) is 0.375. The third-order valence-electron chi connectivity index (χ3n) is 3.72. The smallest absolute Gasteiger partial charge is 0.227 e. The summed E-state index contributed by atoms with van der Waals surface area (Å²) >= 11 is 1.81. The van der Waals surface area contributed by atoms with Gasteiger partial charge >= 0.3 is 0 Å². The van der Waals surface area contributed by atoms with Gasteiger partial charge in [0.1, 0.15) is 0 Å². The van der Waals surface area contributed by atoms with Crippen molar-refractivity contribution < 1.29 is 9.36 Å². The summed E-state index contributed by atoms with van der Waals surface area (Å²) in [5, 5.41) is 0. The number of fused-ring (bicyclic) bond motifs is 1. The van der Waals surface area contributed by atoms with E-state index in [1.54, 1.807) is 0 Å². The number of ketones is 1. The van der Waals surface area contributed by atoms with Crippen molar-refractivity contribution in [3.05, 3.63) is 52.0 Å². The van der Waals surface area contributed by atoms with Gasteiger partial charge in [0.15, 0.2) is 5.69 Å². The standard InChI is InChI=1S/C16H18NOS/c18-15(13-7-3-1-4-8-13)11-17-12-19-16-10-6-2-5-9-14(16)17/h1,3-4,7-8,12H,2,5-6,9-11H2/q+1. The Labute approximate surface area is 117 Å². The average molecular weight is 272 g/mol. The molecule has 1 aliphatic rings. The third-order valence-corrected chi connectivity index (χ3v) is 4.80. The molecule has 2 nitrogen and oxygen atoms in total. The Bertz CT molecular complexity index is 574. The van der Waals surface area contributed by atoms with Crippen molar-refractivity contribution in [3.8, 4) is 0 Å². The Morgan fingerprint density at radius 3 is 2.74 bits per heavy atom. The van der Waals surface area contributed by atoms with Crippen molar-refractivity contribution in [2.24, 2.45) is 0 Å². The van der Waals surface area contributed by atoms with Crippen molar-refractivity contribution >= 4 is 17.1 Å². The number of Topliss-reactive ketones (excluding diaryl/α,β-unsaturated/α-hetero) is 1. The SMILES string of the molecule is O=C(C[n+]1csc2c1CCCCC2)c1ccccc1. The lowest BCUT2D eigenvalue weighted by molar-refractivity contribution is -0.686. The van der Waals surface area contributed by atoms with E-state index in [1.165, 1.54) is 36.3 Å². The molecule has 0 atom stereocenters. The minimum absolute atomic E-state index is 0.204. The lowest BCUT2D eigenvalue weighted by Crippen LogP contribution is -2.39. The molecule has 0 fully saturated rings. The molecule has 2 aromatic rings. The number of aromatic nitrogens is 1. The van der Waals surface area contributed by atoms with Crippen LogP contribution in [-0.2, 0) is 19.4 Å². The highest BCUT2D eigenvalue weighted by Gasteiger charge is 2.23. The molecule has 0 unspecified atom stereocenters. The largest absolute Gasteiger partial charge is 0.287 e. The van der Waals surface area contributed by atoms with Crippen molar-refractivity contribution in [2.45, 2.75) is 38.6 Å². The van der Waals surface area contributed by atoms with Gasteiger partial charge < -0.3 is 0 Å². The van der Waals surface area contributed by atoms with Gasteiger partial charge in [-0.25, -0.2) is 0 Å². The predicted molar refractivity (Wildman–Crippen MR) is 76.5 cm³/mol. The van der Waals surface area contributed by atoms with Crippen LogP contribution in [0, 0.1) is 0 Å². The van der Waals surface area contributed by atoms with E-state index in [1.807, 2.05) is 41.7 Å². The molecule has 0 bridgehead atoms. The lowest BCUT2D eigenvalue weighted by Gasteiger charge is -1.99. The second-order valence-electron chi connectivity index (χ2n) is 5.07. The first-order chi connectivity index (χ1) is 9.34. The van der Waals surface area contributed by atoms with Crippen LogP contribution in [0.1, 0.15) is 40.2 Å². The summed E-state index contributed by atoms with van der Waals surface area (Å²) in [6.07, 6.45) is 6.17. The summed E-state index contributed by atoms with van der Waals surface area (Å²) in [7, 11) is 0. The first kappa shape index (κ1) is 12.5. The molecule has 3 heteroatoms. The van der Waals surface area contributed by atoms with Crippen molar-refractivity contribution in [3.63, 3.8) is 0 Å². The summed E-state index contributed by atoms with van der Waals surface area (Å²) in [5.41, 5.74) is 4.33. The van der Waals surface area contributed by atoms with Gasteiger partial charge in [-0.3, -0.25) is 4.79 Å². The van der Waals surface area contributed by atoms with E-state index < -0.39 is 0 Å². The van der Waals surface area contributed by atoms with E-state index in [9.17, 15) is 4.79 Å². The van der Waals surface area contributed by atoms with Crippen LogP contribution in [0.4, 0.5) is 0 Å². The van der Waals surface area contributed by atoms with Gasteiger partial charge in [-0.15, -0.1) is 0 Å². The van der Waals surface area contributed by atoms with Crippen LogP contribution in [0.5, 0.6) is 0 Å². The van der Waals surface area contributed by atoms with Gasteiger partial charge in [0.2, 0.25) is 17.8 Å². The number of hydrogen-bond acceptors (Lipinski definition) is 2. The summed E-state index contributed by atoms with van der Waals surface area (Å²) in [5.74, 6) is 0.204. The number of carbonyl (C=O) groups excluding carboxylic acids is 1. The molecular formula is C16H18NOS+. The van der Waals surface area contributed by atoms with Crippen LogP contribution in [-0.4, -0.2) is 5.78 Å². The molecule has 1 heterocycles. The molecule has 19 heavy (non-hydrogen) atoms. The second kappa shape index (κ2) is 5.66. The van der Waals surface area contributed by atoms with Gasteiger partial charge in [-0.05, 0) is 19.3 Å². The van der Waals surface area contributed by atoms with Crippen LogP contribution in [0.15, 0.2) is 35.8 Å². The Morgan fingerprint density at radius 2 is 1.89 bits per heavy atom. The first-order valence-electron chi connectivity index (χ1n) is 6.91. The monoisotopic (exact) mass is 272 g/mol. The molecule has 98 valence electrons. The molecule has 0 amide bonds. The highest BCUT2D eigenvalue weighted by Crippen LogP contribution is 2.21. The fourth-order valence-corrected chi connectivity index (χ4v) is 3.74. The molecule has 1 aromatic heterocycles. The van der Waals surface area contributed by atoms with Crippen molar-refractivity contribution in [1.29, 1.82) is 0 Å². The van der Waals surface area contributed by atoms with Crippen LogP contribution < -0.4 is 4.57 Å². The molecule has 3 rings (SSSR count). The van der Waals surface area contributed by atoms with Gasteiger partial charge in [0.05, 0.1) is 4.88 Å². The zero-order valence-electron chi connectivity index (χ0n) is 11.0. The number of thiazole rings is 1. The molecule has 0 N–H and O–H groups in total. The number of nitrogens with zero attached hydrogens (tertiary/aromatic N) is 1. The first-order valence-corrected chi connectivity index (χ1v) is 7.79. The van der Waals surface area contributed by atoms with Crippen LogP contribution >= 0.6 is 11.3 Å². The normalized spacial score (nSPS) is 14.7. The topological polar surface area (TPSA) is 20.9 Å². The van der Waals surface area contributed by atoms with Gasteiger partial charge in [0.25, 0.3) is 0 Å². The molecular weight excluding hydrogens is 254 g/mol. The second-order valence-corrected chi connectivity index (χ2v) is 6.01. The summed E-state index contributed by atoms with van der Waals surface area (Å²) < 4.78 is 2.17. The Morgan fingerprint density at radius 1 is 1.11 bits per heavy atom. The van der Waals surface area contributed by atoms with Crippen LogP contribution in [0.3, 0.4) is 0 Å².